The van der Waals surface area contributed by atoms with E-state index in [2.05, 4.69) is 64.1 Å². The van der Waals surface area contributed by atoms with Crippen LogP contribution in [0.4, 0.5) is 4.79 Å². The average molecular weight is 488 g/mol. The second-order valence-corrected chi connectivity index (χ2v) is 10.2. The Hall–Kier alpha value is -4.48. The summed E-state index contributed by atoms with van der Waals surface area (Å²) >= 11 is 0. The van der Waals surface area contributed by atoms with Crippen molar-refractivity contribution in [3.8, 4) is 46.6 Å². The van der Waals surface area contributed by atoms with Gasteiger partial charge in [-0.05, 0) is 85.6 Å². The van der Waals surface area contributed by atoms with Gasteiger partial charge in [0.2, 0.25) is 0 Å². The number of aromatic amines is 1. The standard InChI is InChI=1S/C32H29N3O2/c1-5-6-10-23-15-17-26(20-27(23)25-16-14-22-11-7-8-12-24(22)19-25)28-21-33-30(34-28)29-13-9-18-35(29)31(36)37-32(2,3)4/h1,7-8,11-12,14-17,19-21,29H,9,13,18H2,2-4H3,(H,33,34)/t29-/m0/s1. The Morgan fingerprint density at radius 3 is 2.65 bits per heavy atom. The maximum atomic E-state index is 12.8. The number of carbonyl (C=O) groups excluding carboxylic acids is 1. The third kappa shape index (κ3) is 5.22. The lowest BCUT2D eigenvalue weighted by Crippen LogP contribution is -2.36. The van der Waals surface area contributed by atoms with Crippen molar-refractivity contribution in [2.24, 2.45) is 0 Å². The molecule has 5 nitrogen and oxygen atoms in total. The zero-order chi connectivity index (χ0) is 26.0. The van der Waals surface area contributed by atoms with Crippen LogP contribution in [0.5, 0.6) is 0 Å². The van der Waals surface area contributed by atoms with E-state index in [0.29, 0.717) is 6.54 Å². The summed E-state index contributed by atoms with van der Waals surface area (Å²) in [6.45, 7) is 6.30. The molecule has 0 bridgehead atoms. The molecule has 1 aliphatic rings. The summed E-state index contributed by atoms with van der Waals surface area (Å²) < 4.78 is 5.62. The lowest BCUT2D eigenvalue weighted by atomic mass is 9.95. The van der Waals surface area contributed by atoms with E-state index in [1.807, 2.05) is 51.2 Å². The van der Waals surface area contributed by atoms with Crippen LogP contribution in [0.1, 0.15) is 51.0 Å². The number of benzene rings is 3. The number of nitrogens with one attached hydrogen (secondary N) is 1. The zero-order valence-electron chi connectivity index (χ0n) is 21.3. The molecule has 37 heavy (non-hydrogen) atoms. The van der Waals surface area contributed by atoms with Gasteiger partial charge in [-0.1, -0.05) is 48.4 Å². The first-order valence-corrected chi connectivity index (χ1v) is 12.5. The Bertz CT molecular complexity index is 1570. The van der Waals surface area contributed by atoms with Crippen LogP contribution >= 0.6 is 0 Å². The molecule has 184 valence electrons. The normalized spacial score (nSPS) is 15.2. The smallest absolute Gasteiger partial charge is 0.410 e. The average Bonchev–Trinajstić information content (AvgIpc) is 3.56. The molecule has 1 amide bonds. The number of hydrogen-bond donors (Lipinski definition) is 1. The molecule has 1 atom stereocenters. The minimum absolute atomic E-state index is 0.135. The van der Waals surface area contributed by atoms with Crippen molar-refractivity contribution in [3.05, 3.63) is 78.2 Å². The van der Waals surface area contributed by atoms with Crippen LogP contribution in [0.2, 0.25) is 0 Å². The summed E-state index contributed by atoms with van der Waals surface area (Å²) in [4.78, 5) is 22.7. The number of amides is 1. The molecule has 0 aliphatic carbocycles. The first-order chi connectivity index (χ1) is 17.8. The van der Waals surface area contributed by atoms with Gasteiger partial charge >= 0.3 is 6.09 Å². The zero-order valence-corrected chi connectivity index (χ0v) is 21.3. The molecule has 1 aromatic heterocycles. The van der Waals surface area contributed by atoms with Crippen molar-refractivity contribution in [1.29, 1.82) is 0 Å². The van der Waals surface area contributed by atoms with Gasteiger partial charge in [-0.15, -0.1) is 6.42 Å². The van der Waals surface area contributed by atoms with Crippen LogP contribution in [0.25, 0.3) is 33.2 Å². The van der Waals surface area contributed by atoms with Gasteiger partial charge in [0.05, 0.1) is 17.9 Å². The van der Waals surface area contributed by atoms with Gasteiger partial charge in [-0.2, -0.15) is 0 Å². The highest BCUT2D eigenvalue weighted by molar-refractivity contribution is 5.89. The predicted molar refractivity (Wildman–Crippen MR) is 148 cm³/mol. The summed E-state index contributed by atoms with van der Waals surface area (Å²) in [7, 11) is 0. The number of aromatic nitrogens is 2. The largest absolute Gasteiger partial charge is 0.444 e. The molecule has 1 aliphatic heterocycles. The number of ether oxygens (including phenoxy) is 1. The maximum absolute atomic E-state index is 12.8. The fourth-order valence-electron chi connectivity index (χ4n) is 4.76. The molecule has 4 aromatic rings. The quantitative estimate of drug-likeness (QED) is 0.318. The van der Waals surface area contributed by atoms with Crippen molar-refractivity contribution in [3.63, 3.8) is 0 Å². The number of nitrogens with zero attached hydrogens (tertiary/aromatic N) is 2. The summed E-state index contributed by atoms with van der Waals surface area (Å²) in [5, 5.41) is 2.34. The lowest BCUT2D eigenvalue weighted by molar-refractivity contribution is 0.0218. The van der Waals surface area contributed by atoms with Crippen molar-refractivity contribution in [2.45, 2.75) is 45.3 Å². The molecule has 0 unspecified atom stereocenters. The van der Waals surface area contributed by atoms with Gasteiger partial charge in [0, 0.05) is 17.7 Å². The molecule has 0 radical (unpaired) electrons. The Labute approximate surface area is 217 Å². The molecular weight excluding hydrogens is 458 g/mol. The summed E-state index contributed by atoms with van der Waals surface area (Å²) in [5.74, 6) is 9.04. The van der Waals surface area contributed by atoms with E-state index in [0.717, 1.165) is 52.0 Å². The first-order valence-electron chi connectivity index (χ1n) is 12.5. The summed E-state index contributed by atoms with van der Waals surface area (Å²) in [5.41, 5.74) is 4.25. The molecule has 5 heteroatoms. The maximum Gasteiger partial charge on any atom is 0.410 e. The number of likely N-dealkylation sites (tertiary alicyclic amines) is 1. The lowest BCUT2D eigenvalue weighted by Gasteiger charge is -2.27. The number of rotatable bonds is 3. The van der Waals surface area contributed by atoms with Crippen LogP contribution < -0.4 is 0 Å². The molecule has 1 fully saturated rings. The van der Waals surface area contributed by atoms with E-state index in [1.54, 1.807) is 4.90 Å². The molecule has 0 saturated carbocycles. The minimum Gasteiger partial charge on any atom is -0.444 e. The van der Waals surface area contributed by atoms with E-state index < -0.39 is 5.60 Å². The fraction of sp³-hybridized carbons (Fsp3) is 0.250. The number of carbonyl (C=O) groups is 1. The van der Waals surface area contributed by atoms with Crippen LogP contribution in [-0.2, 0) is 4.74 Å². The van der Waals surface area contributed by atoms with Crippen LogP contribution in [0.3, 0.4) is 0 Å². The van der Waals surface area contributed by atoms with Gasteiger partial charge in [0.25, 0.3) is 0 Å². The third-order valence-electron chi connectivity index (χ3n) is 6.45. The van der Waals surface area contributed by atoms with Gasteiger partial charge in [0.15, 0.2) is 0 Å². The number of imidazole rings is 1. The van der Waals surface area contributed by atoms with Gasteiger partial charge in [-0.25, -0.2) is 9.78 Å². The molecule has 3 aromatic carbocycles. The van der Waals surface area contributed by atoms with Gasteiger partial charge < -0.3 is 9.72 Å². The molecule has 1 saturated heterocycles. The summed E-state index contributed by atoms with van der Waals surface area (Å²) in [6, 6.07) is 20.7. The Morgan fingerprint density at radius 1 is 1.08 bits per heavy atom. The Balaban J connectivity index is 1.49. The van der Waals surface area contributed by atoms with Crippen molar-refractivity contribution < 1.29 is 9.53 Å². The highest BCUT2D eigenvalue weighted by Crippen LogP contribution is 2.34. The second-order valence-electron chi connectivity index (χ2n) is 10.2. The highest BCUT2D eigenvalue weighted by atomic mass is 16.6. The predicted octanol–water partition coefficient (Wildman–Crippen LogP) is 6.95. The van der Waals surface area contributed by atoms with Gasteiger partial charge in [0.1, 0.15) is 11.4 Å². The third-order valence-corrected chi connectivity index (χ3v) is 6.45. The molecule has 5 rings (SSSR count). The number of hydrogen-bond acceptors (Lipinski definition) is 3. The second kappa shape index (κ2) is 9.88. The Kier molecular flexibility index (Phi) is 6.47. The fourth-order valence-corrected chi connectivity index (χ4v) is 4.76. The number of H-pyrrole nitrogens is 1. The summed E-state index contributed by atoms with van der Waals surface area (Å²) in [6.07, 6.45) is 8.69. The van der Waals surface area contributed by atoms with Crippen LogP contribution in [0, 0.1) is 24.2 Å². The van der Waals surface area contributed by atoms with E-state index in [4.69, 9.17) is 11.2 Å². The topological polar surface area (TPSA) is 58.2 Å². The number of fused-ring (bicyclic) bond motifs is 1. The molecule has 1 N–H and O–H groups in total. The van der Waals surface area contributed by atoms with Crippen molar-refractivity contribution in [1.82, 2.24) is 14.9 Å². The van der Waals surface area contributed by atoms with E-state index >= 15 is 0 Å². The Morgan fingerprint density at radius 2 is 1.86 bits per heavy atom. The van der Waals surface area contributed by atoms with Crippen molar-refractivity contribution in [2.75, 3.05) is 6.54 Å². The molecule has 2 heterocycles. The van der Waals surface area contributed by atoms with Crippen molar-refractivity contribution >= 4 is 16.9 Å². The number of terminal acetylenes is 1. The van der Waals surface area contributed by atoms with E-state index in [9.17, 15) is 4.79 Å². The molecule has 0 spiro atoms. The van der Waals surface area contributed by atoms with Gasteiger partial charge in [-0.3, -0.25) is 4.90 Å². The van der Waals surface area contributed by atoms with E-state index in [-0.39, 0.29) is 12.1 Å². The minimum atomic E-state index is -0.540. The monoisotopic (exact) mass is 487 g/mol. The van der Waals surface area contributed by atoms with Crippen LogP contribution in [0.15, 0.2) is 66.9 Å². The van der Waals surface area contributed by atoms with Crippen LogP contribution in [-0.4, -0.2) is 33.1 Å². The molecular formula is C32H29N3O2. The first kappa shape index (κ1) is 24.2. The van der Waals surface area contributed by atoms with E-state index in [1.165, 1.54) is 5.39 Å². The SMILES string of the molecule is C#CC#Cc1ccc(-c2cnc([C@@H]3CCCN3C(=O)OC(C)(C)C)[nH]2)cc1-c1ccc2ccccc2c1. The highest BCUT2D eigenvalue weighted by Gasteiger charge is 2.34.